The van der Waals surface area contributed by atoms with E-state index < -0.39 is 17.6 Å². The van der Waals surface area contributed by atoms with Crippen LogP contribution in [0.1, 0.15) is 50.0 Å². The molecule has 3 aliphatic rings. The normalized spacial score (nSPS) is 18.1. The molecule has 0 bridgehead atoms. The van der Waals surface area contributed by atoms with Crippen molar-refractivity contribution in [1.82, 2.24) is 5.32 Å². The third kappa shape index (κ3) is 4.80. The van der Waals surface area contributed by atoms with Crippen LogP contribution in [0, 0.1) is 5.82 Å². The summed E-state index contributed by atoms with van der Waals surface area (Å²) in [6.45, 7) is -0.281. The minimum Gasteiger partial charge on any atom is -0.483 e. The maximum absolute atomic E-state index is 13.1. The van der Waals surface area contributed by atoms with Gasteiger partial charge in [-0.05, 0) is 68.1 Å². The first-order chi connectivity index (χ1) is 16.9. The first-order valence-electron chi connectivity index (χ1n) is 11.7. The monoisotopic (exact) mass is 538 g/mol. The third-order valence-electron chi connectivity index (χ3n) is 6.56. The topological polar surface area (TPSA) is 84.5 Å². The van der Waals surface area contributed by atoms with Crippen molar-refractivity contribution in [2.75, 3.05) is 11.9 Å². The number of Topliss-reactive ketones (excluding diaryl/α,β-unsaturated/α-hetero) is 2. The van der Waals surface area contributed by atoms with Crippen molar-refractivity contribution in [3.05, 3.63) is 80.9 Å². The molecule has 1 aliphatic heterocycles. The van der Waals surface area contributed by atoms with Crippen LogP contribution >= 0.6 is 15.9 Å². The van der Waals surface area contributed by atoms with E-state index in [1.54, 1.807) is 12.1 Å². The fourth-order valence-electron chi connectivity index (χ4n) is 5.04. The van der Waals surface area contributed by atoms with Gasteiger partial charge in [-0.2, -0.15) is 0 Å². The van der Waals surface area contributed by atoms with Crippen LogP contribution in [0.5, 0.6) is 5.75 Å². The van der Waals surface area contributed by atoms with Crippen molar-refractivity contribution in [1.29, 1.82) is 0 Å². The summed E-state index contributed by atoms with van der Waals surface area (Å²) in [4.78, 5) is 38.7. The summed E-state index contributed by atoms with van der Waals surface area (Å²) in [7, 11) is 0. The van der Waals surface area contributed by atoms with Gasteiger partial charge in [0.1, 0.15) is 11.6 Å². The van der Waals surface area contributed by atoms with Crippen LogP contribution in [0.2, 0.25) is 0 Å². The maximum atomic E-state index is 13.1. The Hall–Kier alpha value is -3.26. The molecule has 0 fully saturated rings. The Labute approximate surface area is 210 Å². The number of anilines is 1. The molecule has 0 spiro atoms. The third-order valence-corrected chi connectivity index (χ3v) is 7.05. The van der Waals surface area contributed by atoms with Gasteiger partial charge in [0.2, 0.25) is 0 Å². The lowest BCUT2D eigenvalue weighted by Crippen LogP contribution is -2.36. The van der Waals surface area contributed by atoms with Gasteiger partial charge in [-0.25, -0.2) is 4.39 Å². The van der Waals surface area contributed by atoms with E-state index in [2.05, 4.69) is 26.6 Å². The van der Waals surface area contributed by atoms with Gasteiger partial charge in [0.15, 0.2) is 18.2 Å². The molecular formula is C27H24BrFN2O4. The Balaban J connectivity index is 1.48. The summed E-state index contributed by atoms with van der Waals surface area (Å²) in [5.74, 6) is -0.822. The van der Waals surface area contributed by atoms with Crippen molar-refractivity contribution in [2.45, 2.75) is 44.4 Å². The lowest BCUT2D eigenvalue weighted by molar-refractivity contribution is -0.119. The Morgan fingerprint density at radius 3 is 2.23 bits per heavy atom. The highest BCUT2D eigenvalue weighted by Crippen LogP contribution is 2.48. The number of dihydropyridines is 1. The van der Waals surface area contributed by atoms with Crippen LogP contribution in [0.3, 0.4) is 0 Å². The highest BCUT2D eigenvalue weighted by molar-refractivity contribution is 9.10. The number of benzene rings is 2. The molecule has 1 heterocycles. The average Bonchev–Trinajstić information content (AvgIpc) is 2.84. The highest BCUT2D eigenvalue weighted by atomic mass is 79.9. The van der Waals surface area contributed by atoms with Gasteiger partial charge in [-0.15, -0.1) is 0 Å². The Kier molecular flexibility index (Phi) is 6.56. The molecule has 6 nitrogen and oxygen atoms in total. The summed E-state index contributed by atoms with van der Waals surface area (Å²) in [6, 6.07) is 10.9. The lowest BCUT2D eigenvalue weighted by Gasteiger charge is -2.37. The van der Waals surface area contributed by atoms with Gasteiger partial charge >= 0.3 is 0 Å². The van der Waals surface area contributed by atoms with Gasteiger partial charge < -0.3 is 15.4 Å². The van der Waals surface area contributed by atoms with E-state index in [0.29, 0.717) is 41.0 Å². The summed E-state index contributed by atoms with van der Waals surface area (Å²) < 4.78 is 19.9. The molecule has 0 saturated heterocycles. The second-order valence-corrected chi connectivity index (χ2v) is 9.84. The Morgan fingerprint density at radius 2 is 1.60 bits per heavy atom. The van der Waals surface area contributed by atoms with Crippen molar-refractivity contribution < 1.29 is 23.5 Å². The van der Waals surface area contributed by atoms with E-state index in [4.69, 9.17) is 4.74 Å². The highest BCUT2D eigenvalue weighted by Gasteiger charge is 2.41. The van der Waals surface area contributed by atoms with Crippen LogP contribution in [-0.4, -0.2) is 24.1 Å². The second kappa shape index (κ2) is 9.77. The van der Waals surface area contributed by atoms with E-state index in [1.807, 2.05) is 6.07 Å². The Morgan fingerprint density at radius 1 is 0.971 bits per heavy atom. The largest absolute Gasteiger partial charge is 0.483 e. The average molecular weight is 539 g/mol. The molecule has 0 atom stereocenters. The quantitative estimate of drug-likeness (QED) is 0.539. The molecule has 0 aromatic heterocycles. The maximum Gasteiger partial charge on any atom is 0.262 e. The van der Waals surface area contributed by atoms with Crippen LogP contribution in [-0.2, 0) is 14.4 Å². The summed E-state index contributed by atoms with van der Waals surface area (Å²) >= 11 is 3.52. The smallest absolute Gasteiger partial charge is 0.262 e. The number of carbonyl (C=O) groups excluding carboxylic acids is 3. The zero-order valence-corrected chi connectivity index (χ0v) is 20.5. The minimum absolute atomic E-state index is 0.0358. The number of nitrogens with one attached hydrogen (secondary N) is 2. The van der Waals surface area contributed by atoms with Crippen molar-refractivity contribution in [2.24, 2.45) is 0 Å². The zero-order chi connectivity index (χ0) is 24.5. The molecular weight excluding hydrogens is 515 g/mol. The summed E-state index contributed by atoms with van der Waals surface area (Å²) in [5, 5.41) is 6.09. The molecule has 2 aromatic carbocycles. The first kappa shape index (κ1) is 23.5. The van der Waals surface area contributed by atoms with Gasteiger partial charge in [-0.1, -0.05) is 15.9 Å². The predicted octanol–water partition coefficient (Wildman–Crippen LogP) is 5.31. The van der Waals surface area contributed by atoms with Crippen LogP contribution in [0.25, 0.3) is 0 Å². The van der Waals surface area contributed by atoms with E-state index in [-0.39, 0.29) is 18.2 Å². The number of amides is 1. The number of allylic oxidation sites excluding steroid dienone is 4. The number of ketones is 2. The van der Waals surface area contributed by atoms with Crippen molar-refractivity contribution in [3.8, 4) is 5.75 Å². The molecule has 180 valence electrons. The number of ether oxygens (including phenoxy) is 1. The van der Waals surface area contributed by atoms with Crippen LogP contribution < -0.4 is 15.4 Å². The fraction of sp³-hybridized carbons (Fsp3) is 0.296. The zero-order valence-electron chi connectivity index (χ0n) is 19.0. The van der Waals surface area contributed by atoms with Crippen LogP contribution in [0.4, 0.5) is 10.1 Å². The number of rotatable bonds is 5. The standard InChI is InChI=1S/C27H24BrFN2O4/c28-15-7-12-23(35-14-24(34)30-17-10-8-16(29)9-11-17)18(13-15)25-26-19(3-1-5-21(26)32)31-20-4-2-6-22(33)27(20)25/h7-13,25,31H,1-6,14H2,(H,30,34). The number of hydrogen-bond acceptors (Lipinski definition) is 5. The molecule has 0 saturated carbocycles. The van der Waals surface area contributed by atoms with E-state index in [9.17, 15) is 18.8 Å². The second-order valence-electron chi connectivity index (χ2n) is 8.92. The molecule has 1 amide bonds. The van der Waals surface area contributed by atoms with Gasteiger partial charge in [-0.3, -0.25) is 14.4 Å². The van der Waals surface area contributed by atoms with E-state index in [1.165, 1.54) is 24.3 Å². The fourth-order valence-corrected chi connectivity index (χ4v) is 5.42. The molecule has 0 radical (unpaired) electrons. The summed E-state index contributed by atoms with van der Waals surface area (Å²) in [6.07, 6.45) is 3.95. The minimum atomic E-state index is -0.533. The number of halogens is 2. The number of hydrogen-bond donors (Lipinski definition) is 2. The predicted molar refractivity (Wildman–Crippen MR) is 132 cm³/mol. The Bertz CT molecular complexity index is 1240. The molecule has 2 N–H and O–H groups in total. The molecule has 8 heteroatoms. The van der Waals surface area contributed by atoms with Gasteiger partial charge in [0.05, 0.1) is 0 Å². The van der Waals surface area contributed by atoms with E-state index in [0.717, 1.165) is 41.6 Å². The molecule has 5 rings (SSSR count). The SMILES string of the molecule is O=C(COc1ccc(Br)cc1C1C2=C(CCCC2=O)NC2=C1C(=O)CCC2)Nc1ccc(F)cc1. The number of carbonyl (C=O) groups is 3. The lowest BCUT2D eigenvalue weighted by atomic mass is 9.71. The van der Waals surface area contributed by atoms with E-state index >= 15 is 0 Å². The van der Waals surface area contributed by atoms with Crippen LogP contribution in [0.15, 0.2) is 69.5 Å². The van der Waals surface area contributed by atoms with Crippen molar-refractivity contribution >= 4 is 39.1 Å². The molecule has 0 unspecified atom stereocenters. The first-order valence-corrected chi connectivity index (χ1v) is 12.5. The van der Waals surface area contributed by atoms with Gasteiger partial charge in [0.25, 0.3) is 5.91 Å². The summed E-state index contributed by atoms with van der Waals surface area (Å²) in [5.41, 5.74) is 4.17. The molecule has 2 aliphatic carbocycles. The molecule has 35 heavy (non-hydrogen) atoms. The molecule has 2 aromatic rings. The van der Waals surface area contributed by atoms with Crippen molar-refractivity contribution in [3.63, 3.8) is 0 Å². The van der Waals surface area contributed by atoms with Gasteiger partial charge in [0, 0.05) is 57.0 Å².